The van der Waals surface area contributed by atoms with Crippen LogP contribution in [-0.2, 0) is 0 Å². The second-order valence-electron chi connectivity index (χ2n) is 8.33. The average Bonchev–Trinajstić information content (AvgIpc) is 3.36. The smallest absolute Gasteiger partial charge is 0.181 e. The minimum absolute atomic E-state index is 0.0220. The van der Waals surface area contributed by atoms with Crippen LogP contribution in [0.25, 0.3) is 11.4 Å². The van der Waals surface area contributed by atoms with Crippen molar-refractivity contribution in [2.24, 2.45) is 0 Å². The van der Waals surface area contributed by atoms with Gasteiger partial charge in [-0.2, -0.15) is 5.10 Å². The number of aromatic nitrogens is 4. The van der Waals surface area contributed by atoms with Crippen molar-refractivity contribution in [1.82, 2.24) is 25.1 Å². The lowest BCUT2D eigenvalue weighted by molar-refractivity contribution is 0.203. The summed E-state index contributed by atoms with van der Waals surface area (Å²) in [7, 11) is 0. The van der Waals surface area contributed by atoms with Crippen LogP contribution in [0.5, 0.6) is 0 Å². The first-order valence-corrected chi connectivity index (χ1v) is 11.3. The van der Waals surface area contributed by atoms with E-state index in [9.17, 15) is 0 Å². The second kappa shape index (κ2) is 9.75. The monoisotopic (exact) mass is 424 g/mol. The molecule has 2 aromatic carbocycles. The number of aromatic amines is 1. The zero-order valence-electron chi connectivity index (χ0n) is 18.1. The first-order valence-electron chi connectivity index (χ1n) is 11.3. The number of para-hydroxylation sites is 1. The number of pyridine rings is 1. The summed E-state index contributed by atoms with van der Waals surface area (Å²) in [5.41, 5.74) is 3.51. The van der Waals surface area contributed by atoms with E-state index in [1.54, 1.807) is 12.4 Å². The molecule has 1 unspecified atom stereocenters. The van der Waals surface area contributed by atoms with E-state index in [-0.39, 0.29) is 6.04 Å². The summed E-state index contributed by atoms with van der Waals surface area (Å²) in [6, 6.07) is 25.1. The molecule has 1 fully saturated rings. The molecule has 162 valence electrons. The van der Waals surface area contributed by atoms with Gasteiger partial charge in [-0.3, -0.25) is 10.1 Å². The molecular weight excluding hydrogens is 396 g/mol. The standard InChI is InChI=1S/C26H28N6/c1-3-7-20(8-4-1)21-13-17-32(18-14-21)19-24(28-23-9-5-2-6-10-23)26-29-25(30-31-26)22-11-15-27-16-12-22/h1-12,15-16,21,24,28H,13-14,17-19H2,(H,29,30,31). The molecule has 6 nitrogen and oxygen atoms in total. The lowest BCUT2D eigenvalue weighted by atomic mass is 9.89. The maximum absolute atomic E-state index is 4.82. The fourth-order valence-electron chi connectivity index (χ4n) is 4.43. The van der Waals surface area contributed by atoms with Gasteiger partial charge in [-0.25, -0.2) is 4.98 Å². The van der Waals surface area contributed by atoms with E-state index < -0.39 is 0 Å². The third-order valence-corrected chi connectivity index (χ3v) is 6.19. The third-order valence-electron chi connectivity index (χ3n) is 6.19. The van der Waals surface area contributed by atoms with Crippen LogP contribution < -0.4 is 5.32 Å². The number of benzene rings is 2. The fraction of sp³-hybridized carbons (Fsp3) is 0.269. The first-order chi connectivity index (χ1) is 15.8. The van der Waals surface area contributed by atoms with Gasteiger partial charge in [0.05, 0.1) is 6.04 Å². The molecule has 0 bridgehead atoms. The van der Waals surface area contributed by atoms with Crippen LogP contribution in [0, 0.1) is 0 Å². The summed E-state index contributed by atoms with van der Waals surface area (Å²) in [6.45, 7) is 3.04. The molecule has 3 heterocycles. The van der Waals surface area contributed by atoms with Crippen molar-refractivity contribution in [1.29, 1.82) is 0 Å². The third kappa shape index (κ3) is 4.86. The minimum Gasteiger partial charge on any atom is -0.374 e. The molecule has 0 saturated carbocycles. The van der Waals surface area contributed by atoms with E-state index in [1.165, 1.54) is 18.4 Å². The summed E-state index contributed by atoms with van der Waals surface area (Å²) >= 11 is 0. The van der Waals surface area contributed by atoms with E-state index in [4.69, 9.17) is 4.98 Å². The van der Waals surface area contributed by atoms with Gasteiger partial charge < -0.3 is 10.2 Å². The van der Waals surface area contributed by atoms with Crippen molar-refractivity contribution >= 4 is 5.69 Å². The number of rotatable bonds is 7. The fourth-order valence-corrected chi connectivity index (χ4v) is 4.43. The Hall–Kier alpha value is -3.51. The largest absolute Gasteiger partial charge is 0.374 e. The highest BCUT2D eigenvalue weighted by atomic mass is 15.3. The van der Waals surface area contributed by atoms with Gasteiger partial charge in [0.1, 0.15) is 5.82 Å². The second-order valence-corrected chi connectivity index (χ2v) is 8.33. The molecule has 4 aromatic rings. The normalized spacial score (nSPS) is 16.0. The summed E-state index contributed by atoms with van der Waals surface area (Å²) in [4.78, 5) is 11.4. The number of hydrogen-bond donors (Lipinski definition) is 2. The first kappa shape index (κ1) is 20.4. The van der Waals surface area contributed by atoms with Gasteiger partial charge in [0, 0.05) is 30.2 Å². The molecule has 0 radical (unpaired) electrons. The van der Waals surface area contributed by atoms with Crippen molar-refractivity contribution in [2.75, 3.05) is 25.0 Å². The van der Waals surface area contributed by atoms with Crippen LogP contribution in [0.4, 0.5) is 5.69 Å². The maximum atomic E-state index is 4.82. The molecule has 2 N–H and O–H groups in total. The summed E-state index contributed by atoms with van der Waals surface area (Å²) in [5, 5.41) is 11.3. The lowest BCUT2D eigenvalue weighted by Gasteiger charge is -2.34. The number of likely N-dealkylation sites (tertiary alicyclic amines) is 1. The molecule has 5 rings (SSSR count). The number of H-pyrrole nitrogens is 1. The van der Waals surface area contributed by atoms with E-state index in [1.807, 2.05) is 30.3 Å². The van der Waals surface area contributed by atoms with Crippen LogP contribution in [0.2, 0.25) is 0 Å². The highest BCUT2D eigenvalue weighted by molar-refractivity contribution is 5.53. The van der Waals surface area contributed by atoms with Crippen molar-refractivity contribution in [2.45, 2.75) is 24.8 Å². The lowest BCUT2D eigenvalue weighted by Crippen LogP contribution is -2.38. The van der Waals surface area contributed by atoms with Gasteiger partial charge >= 0.3 is 0 Å². The zero-order valence-corrected chi connectivity index (χ0v) is 18.1. The quantitative estimate of drug-likeness (QED) is 0.442. The Kier molecular flexibility index (Phi) is 6.21. The van der Waals surface area contributed by atoms with Gasteiger partial charge in [0.2, 0.25) is 0 Å². The van der Waals surface area contributed by atoms with E-state index >= 15 is 0 Å². The Morgan fingerprint density at radius 2 is 1.59 bits per heavy atom. The van der Waals surface area contributed by atoms with Crippen LogP contribution in [0.3, 0.4) is 0 Å². The summed E-state index contributed by atoms with van der Waals surface area (Å²) in [6.07, 6.45) is 5.89. The Morgan fingerprint density at radius 3 is 2.31 bits per heavy atom. The van der Waals surface area contributed by atoms with Crippen molar-refractivity contribution in [3.05, 3.63) is 96.6 Å². The summed E-state index contributed by atoms with van der Waals surface area (Å²) < 4.78 is 0. The average molecular weight is 425 g/mol. The minimum atomic E-state index is 0.0220. The van der Waals surface area contributed by atoms with E-state index in [2.05, 4.69) is 67.9 Å². The molecule has 1 saturated heterocycles. The molecule has 32 heavy (non-hydrogen) atoms. The number of nitrogens with one attached hydrogen (secondary N) is 2. The molecule has 1 atom stereocenters. The highest BCUT2D eigenvalue weighted by Crippen LogP contribution is 2.29. The zero-order chi connectivity index (χ0) is 21.6. The van der Waals surface area contributed by atoms with Gasteiger partial charge in [0.25, 0.3) is 0 Å². The topological polar surface area (TPSA) is 69.7 Å². The van der Waals surface area contributed by atoms with Crippen LogP contribution in [0.15, 0.2) is 85.2 Å². The van der Waals surface area contributed by atoms with Gasteiger partial charge in [0.15, 0.2) is 5.82 Å². The van der Waals surface area contributed by atoms with Crippen LogP contribution in [-0.4, -0.2) is 44.7 Å². The van der Waals surface area contributed by atoms with Gasteiger partial charge in [-0.15, -0.1) is 0 Å². The summed E-state index contributed by atoms with van der Waals surface area (Å²) in [5.74, 6) is 2.20. The molecule has 1 aliphatic heterocycles. The number of anilines is 1. The molecule has 0 spiro atoms. The molecule has 2 aromatic heterocycles. The predicted octanol–water partition coefficient (Wildman–Crippen LogP) is 4.90. The van der Waals surface area contributed by atoms with Crippen molar-refractivity contribution in [3.63, 3.8) is 0 Å². The molecule has 0 aliphatic carbocycles. The number of hydrogen-bond acceptors (Lipinski definition) is 5. The predicted molar refractivity (Wildman–Crippen MR) is 127 cm³/mol. The van der Waals surface area contributed by atoms with Crippen LogP contribution >= 0.6 is 0 Å². The SMILES string of the molecule is c1ccc(NC(CN2CCC(c3ccccc3)CC2)c2nc(-c3ccncc3)n[nH]2)cc1. The Morgan fingerprint density at radius 1 is 0.906 bits per heavy atom. The molecule has 6 heteroatoms. The molecule has 1 aliphatic rings. The van der Waals surface area contributed by atoms with Crippen LogP contribution in [0.1, 0.15) is 36.2 Å². The van der Waals surface area contributed by atoms with Gasteiger partial charge in [-0.05, 0) is 61.7 Å². The molecule has 0 amide bonds. The highest BCUT2D eigenvalue weighted by Gasteiger charge is 2.25. The Labute approximate surface area is 188 Å². The Balaban J connectivity index is 1.30. The van der Waals surface area contributed by atoms with Crippen molar-refractivity contribution < 1.29 is 0 Å². The van der Waals surface area contributed by atoms with E-state index in [0.29, 0.717) is 11.7 Å². The Bertz CT molecular complexity index is 1090. The maximum Gasteiger partial charge on any atom is 0.181 e. The number of piperidine rings is 1. The molecular formula is C26H28N6. The van der Waals surface area contributed by atoms with Gasteiger partial charge in [-0.1, -0.05) is 48.5 Å². The number of nitrogens with zero attached hydrogens (tertiary/aromatic N) is 4. The van der Waals surface area contributed by atoms with E-state index in [0.717, 1.165) is 36.7 Å². The van der Waals surface area contributed by atoms with Crippen molar-refractivity contribution in [3.8, 4) is 11.4 Å².